The minimum Gasteiger partial charge on any atom is -0.492 e. The van der Waals surface area contributed by atoms with Crippen LogP contribution in [0.1, 0.15) is 18.2 Å². The molecular formula is C22H26N4O. The van der Waals surface area contributed by atoms with Crippen molar-refractivity contribution in [1.29, 1.82) is 0 Å². The van der Waals surface area contributed by atoms with Crippen molar-refractivity contribution in [2.75, 3.05) is 19.7 Å². The predicted octanol–water partition coefficient (Wildman–Crippen LogP) is 3.68. The van der Waals surface area contributed by atoms with Gasteiger partial charge in [0.2, 0.25) is 0 Å². The van der Waals surface area contributed by atoms with E-state index in [1.54, 1.807) is 0 Å². The van der Waals surface area contributed by atoms with Gasteiger partial charge in [0.25, 0.3) is 0 Å². The zero-order valence-corrected chi connectivity index (χ0v) is 15.9. The molecule has 0 saturated heterocycles. The van der Waals surface area contributed by atoms with Crippen molar-refractivity contribution in [3.63, 3.8) is 0 Å². The van der Waals surface area contributed by atoms with E-state index in [0.29, 0.717) is 19.7 Å². The number of rotatable bonds is 7. The first-order valence-corrected chi connectivity index (χ1v) is 9.30. The van der Waals surface area contributed by atoms with E-state index in [-0.39, 0.29) is 0 Å². The highest BCUT2D eigenvalue weighted by atomic mass is 16.5. The van der Waals surface area contributed by atoms with Gasteiger partial charge in [0.15, 0.2) is 5.96 Å². The molecule has 0 saturated carbocycles. The number of hydrogen-bond donors (Lipinski definition) is 2. The van der Waals surface area contributed by atoms with E-state index in [4.69, 9.17) is 4.74 Å². The maximum Gasteiger partial charge on any atom is 0.191 e. The number of guanidine groups is 1. The largest absolute Gasteiger partial charge is 0.492 e. The van der Waals surface area contributed by atoms with Crippen molar-refractivity contribution in [3.05, 3.63) is 72.1 Å². The Kier molecular flexibility index (Phi) is 6.63. The molecule has 0 radical (unpaired) electrons. The molecule has 0 aliphatic heterocycles. The minimum absolute atomic E-state index is 0.523. The molecule has 0 amide bonds. The van der Waals surface area contributed by atoms with E-state index in [1.807, 2.05) is 48.7 Å². The maximum atomic E-state index is 5.75. The highest BCUT2D eigenvalue weighted by Crippen LogP contribution is 2.16. The second-order valence-electron chi connectivity index (χ2n) is 6.26. The smallest absolute Gasteiger partial charge is 0.191 e. The fourth-order valence-electron chi connectivity index (χ4n) is 2.78. The van der Waals surface area contributed by atoms with E-state index in [0.717, 1.165) is 29.3 Å². The van der Waals surface area contributed by atoms with Gasteiger partial charge < -0.3 is 15.4 Å². The monoisotopic (exact) mass is 362 g/mol. The lowest BCUT2D eigenvalue weighted by molar-refractivity contribution is 0.322. The van der Waals surface area contributed by atoms with Crippen molar-refractivity contribution < 1.29 is 4.74 Å². The van der Waals surface area contributed by atoms with Gasteiger partial charge in [-0.3, -0.25) is 4.98 Å². The highest BCUT2D eigenvalue weighted by molar-refractivity contribution is 5.85. The Morgan fingerprint density at radius 1 is 1.04 bits per heavy atom. The lowest BCUT2D eigenvalue weighted by Gasteiger charge is -2.12. The van der Waals surface area contributed by atoms with Crippen LogP contribution >= 0.6 is 0 Å². The van der Waals surface area contributed by atoms with E-state index in [1.165, 1.54) is 10.9 Å². The van der Waals surface area contributed by atoms with Crippen LogP contribution in [0.4, 0.5) is 0 Å². The SMILES string of the molecule is CCNC(=NCc1nccc2ccccc12)NCCOc1ccc(C)cc1. The summed E-state index contributed by atoms with van der Waals surface area (Å²) in [5, 5.41) is 8.89. The first-order chi connectivity index (χ1) is 13.3. The van der Waals surface area contributed by atoms with Gasteiger partial charge in [-0.05, 0) is 37.4 Å². The molecule has 140 valence electrons. The topological polar surface area (TPSA) is 58.5 Å². The number of fused-ring (bicyclic) bond motifs is 1. The van der Waals surface area contributed by atoms with Gasteiger partial charge in [0.1, 0.15) is 12.4 Å². The number of benzene rings is 2. The summed E-state index contributed by atoms with van der Waals surface area (Å²) in [7, 11) is 0. The molecule has 1 aromatic heterocycles. The zero-order valence-electron chi connectivity index (χ0n) is 15.9. The number of nitrogens with zero attached hydrogens (tertiary/aromatic N) is 2. The number of aromatic nitrogens is 1. The number of aryl methyl sites for hydroxylation is 1. The summed E-state index contributed by atoms with van der Waals surface area (Å²) in [5.74, 6) is 1.64. The van der Waals surface area contributed by atoms with Gasteiger partial charge in [0.05, 0.1) is 18.8 Å². The quantitative estimate of drug-likeness (QED) is 0.382. The Hall–Kier alpha value is -3.08. The lowest BCUT2D eigenvalue weighted by atomic mass is 10.1. The van der Waals surface area contributed by atoms with Gasteiger partial charge in [-0.25, -0.2) is 4.99 Å². The molecule has 27 heavy (non-hydrogen) atoms. The standard InChI is InChI=1S/C22H26N4O/c1-3-23-22(25-14-15-27-19-10-8-17(2)9-11-19)26-16-21-20-7-5-4-6-18(20)12-13-24-21/h4-13H,3,14-16H2,1-2H3,(H2,23,25,26). The van der Waals surface area contributed by atoms with Gasteiger partial charge in [-0.1, -0.05) is 42.0 Å². The fraction of sp³-hybridized carbons (Fsp3) is 0.273. The van der Waals surface area contributed by atoms with Crippen LogP contribution in [0.15, 0.2) is 65.8 Å². The van der Waals surface area contributed by atoms with Crippen LogP contribution in [0.2, 0.25) is 0 Å². The third-order valence-electron chi connectivity index (χ3n) is 4.17. The average Bonchev–Trinajstić information content (AvgIpc) is 2.70. The summed E-state index contributed by atoms with van der Waals surface area (Å²) in [6.45, 7) is 6.68. The molecule has 5 heteroatoms. The lowest BCUT2D eigenvalue weighted by Crippen LogP contribution is -2.39. The van der Waals surface area contributed by atoms with E-state index in [2.05, 4.69) is 46.6 Å². The summed E-state index contributed by atoms with van der Waals surface area (Å²) >= 11 is 0. The van der Waals surface area contributed by atoms with Crippen molar-refractivity contribution >= 4 is 16.7 Å². The van der Waals surface area contributed by atoms with Crippen molar-refractivity contribution in [2.45, 2.75) is 20.4 Å². The molecule has 5 nitrogen and oxygen atoms in total. The van der Waals surface area contributed by atoms with Crippen LogP contribution in [-0.4, -0.2) is 30.6 Å². The van der Waals surface area contributed by atoms with Crippen LogP contribution in [0.5, 0.6) is 5.75 Å². The van der Waals surface area contributed by atoms with Crippen LogP contribution in [0, 0.1) is 6.92 Å². The molecule has 0 spiro atoms. The number of nitrogens with one attached hydrogen (secondary N) is 2. The van der Waals surface area contributed by atoms with Crippen molar-refractivity contribution in [3.8, 4) is 5.75 Å². The Balaban J connectivity index is 1.56. The van der Waals surface area contributed by atoms with E-state index < -0.39 is 0 Å². The number of aliphatic imine (C=N–C) groups is 1. The molecule has 1 heterocycles. The average molecular weight is 362 g/mol. The maximum absolute atomic E-state index is 5.75. The number of ether oxygens (including phenoxy) is 1. The van der Waals surface area contributed by atoms with Crippen LogP contribution in [-0.2, 0) is 6.54 Å². The minimum atomic E-state index is 0.523. The molecule has 2 aromatic carbocycles. The highest BCUT2D eigenvalue weighted by Gasteiger charge is 2.03. The Morgan fingerprint density at radius 2 is 1.85 bits per heavy atom. The van der Waals surface area contributed by atoms with Gasteiger partial charge in [-0.2, -0.15) is 0 Å². The molecule has 0 aliphatic rings. The Labute approximate surface area is 160 Å². The molecule has 0 unspecified atom stereocenters. The third-order valence-corrected chi connectivity index (χ3v) is 4.17. The summed E-state index contributed by atoms with van der Waals surface area (Å²) in [6.07, 6.45) is 1.84. The molecule has 2 N–H and O–H groups in total. The van der Waals surface area contributed by atoms with Crippen molar-refractivity contribution in [1.82, 2.24) is 15.6 Å². The Morgan fingerprint density at radius 3 is 2.67 bits per heavy atom. The fourth-order valence-corrected chi connectivity index (χ4v) is 2.78. The Bertz CT molecular complexity index is 885. The summed E-state index contributed by atoms with van der Waals surface area (Å²) in [5.41, 5.74) is 2.20. The first-order valence-electron chi connectivity index (χ1n) is 9.30. The normalized spacial score (nSPS) is 11.4. The van der Waals surface area contributed by atoms with Gasteiger partial charge in [-0.15, -0.1) is 0 Å². The van der Waals surface area contributed by atoms with Crippen LogP contribution in [0.3, 0.4) is 0 Å². The van der Waals surface area contributed by atoms with Crippen molar-refractivity contribution in [2.24, 2.45) is 4.99 Å². The summed E-state index contributed by atoms with van der Waals surface area (Å²) in [4.78, 5) is 9.16. The van der Waals surface area contributed by atoms with Gasteiger partial charge >= 0.3 is 0 Å². The summed E-state index contributed by atoms with van der Waals surface area (Å²) in [6, 6.07) is 18.3. The molecule has 0 aliphatic carbocycles. The predicted molar refractivity (Wildman–Crippen MR) is 111 cm³/mol. The molecule has 0 atom stereocenters. The van der Waals surface area contributed by atoms with E-state index >= 15 is 0 Å². The van der Waals surface area contributed by atoms with Crippen LogP contribution < -0.4 is 15.4 Å². The second-order valence-corrected chi connectivity index (χ2v) is 6.26. The molecular weight excluding hydrogens is 336 g/mol. The van der Waals surface area contributed by atoms with Crippen LogP contribution in [0.25, 0.3) is 10.8 Å². The molecule has 0 fully saturated rings. The first kappa shape index (κ1) is 18.7. The number of hydrogen-bond acceptors (Lipinski definition) is 3. The molecule has 3 rings (SSSR count). The number of pyridine rings is 1. The van der Waals surface area contributed by atoms with E-state index in [9.17, 15) is 0 Å². The third kappa shape index (κ3) is 5.45. The second kappa shape index (κ2) is 9.57. The van der Waals surface area contributed by atoms with Gasteiger partial charge in [0, 0.05) is 18.1 Å². The summed E-state index contributed by atoms with van der Waals surface area (Å²) < 4.78 is 5.75. The molecule has 0 bridgehead atoms. The molecule has 3 aromatic rings. The zero-order chi connectivity index (χ0) is 18.9.